The molecule has 7 heteroatoms. The van der Waals surface area contributed by atoms with E-state index in [2.05, 4.69) is 29.4 Å². The molecule has 1 unspecified atom stereocenters. The smallest absolute Gasteiger partial charge is 0.243 e. The number of aromatic nitrogens is 2. The number of ether oxygens (including phenoxy) is 1. The molecule has 0 saturated carbocycles. The van der Waals surface area contributed by atoms with Crippen LogP contribution in [-0.2, 0) is 9.53 Å². The summed E-state index contributed by atoms with van der Waals surface area (Å²) >= 11 is 0. The van der Waals surface area contributed by atoms with Crippen LogP contribution in [0, 0.1) is 5.92 Å². The number of anilines is 3. The molecule has 2 heterocycles. The molecule has 7 nitrogen and oxygen atoms in total. The predicted molar refractivity (Wildman–Crippen MR) is 125 cm³/mol. The molecule has 0 radical (unpaired) electrons. The summed E-state index contributed by atoms with van der Waals surface area (Å²) in [6.45, 7) is 6.71. The van der Waals surface area contributed by atoms with Crippen LogP contribution >= 0.6 is 0 Å². The maximum absolute atomic E-state index is 12.4. The molecule has 31 heavy (non-hydrogen) atoms. The number of nitrogens with one attached hydrogen (secondary N) is 2. The number of hydrogen-bond donors (Lipinski definition) is 2. The van der Waals surface area contributed by atoms with E-state index in [1.54, 1.807) is 0 Å². The van der Waals surface area contributed by atoms with Gasteiger partial charge in [0.05, 0.1) is 24.8 Å². The molecule has 1 saturated heterocycles. The normalized spacial score (nSPS) is 16.5. The average Bonchev–Trinajstić information content (AvgIpc) is 2.78. The summed E-state index contributed by atoms with van der Waals surface area (Å²) in [4.78, 5) is 24.2. The Balaban J connectivity index is 1.52. The Morgan fingerprint density at radius 3 is 2.71 bits per heavy atom. The van der Waals surface area contributed by atoms with Gasteiger partial charge in [0.2, 0.25) is 11.9 Å². The van der Waals surface area contributed by atoms with Crippen molar-refractivity contribution >= 4 is 34.3 Å². The van der Waals surface area contributed by atoms with Gasteiger partial charge in [-0.3, -0.25) is 4.79 Å². The van der Waals surface area contributed by atoms with Gasteiger partial charge in [-0.05, 0) is 36.6 Å². The van der Waals surface area contributed by atoms with Crippen molar-refractivity contribution < 1.29 is 9.53 Å². The Kier molecular flexibility index (Phi) is 6.62. The zero-order chi connectivity index (χ0) is 21.6. The van der Waals surface area contributed by atoms with Gasteiger partial charge in [0, 0.05) is 24.2 Å². The van der Waals surface area contributed by atoms with Gasteiger partial charge < -0.3 is 20.3 Å². The van der Waals surface area contributed by atoms with Crippen molar-refractivity contribution in [2.45, 2.75) is 26.4 Å². The highest BCUT2D eigenvalue weighted by atomic mass is 16.5. The fourth-order valence-electron chi connectivity index (χ4n) is 3.80. The van der Waals surface area contributed by atoms with Gasteiger partial charge in [-0.15, -0.1) is 0 Å². The molecule has 1 amide bonds. The van der Waals surface area contributed by atoms with Crippen LogP contribution in [0.3, 0.4) is 0 Å². The molecule has 4 rings (SSSR count). The van der Waals surface area contributed by atoms with E-state index < -0.39 is 0 Å². The van der Waals surface area contributed by atoms with Crippen LogP contribution in [0.4, 0.5) is 17.5 Å². The predicted octanol–water partition coefficient (Wildman–Crippen LogP) is 3.93. The molecule has 0 spiro atoms. The first-order valence-corrected chi connectivity index (χ1v) is 10.8. The van der Waals surface area contributed by atoms with E-state index in [-0.39, 0.29) is 18.6 Å². The van der Waals surface area contributed by atoms with Gasteiger partial charge in [-0.25, -0.2) is 4.98 Å². The van der Waals surface area contributed by atoms with E-state index in [1.165, 1.54) is 0 Å². The minimum Gasteiger partial charge on any atom is -0.375 e. The molecule has 162 valence electrons. The summed E-state index contributed by atoms with van der Waals surface area (Å²) in [7, 11) is 0. The van der Waals surface area contributed by atoms with E-state index in [0.29, 0.717) is 24.3 Å². The van der Waals surface area contributed by atoms with Crippen LogP contribution in [0.25, 0.3) is 10.9 Å². The first-order valence-electron chi connectivity index (χ1n) is 10.8. The van der Waals surface area contributed by atoms with Crippen molar-refractivity contribution in [3.63, 3.8) is 0 Å². The largest absolute Gasteiger partial charge is 0.375 e. The lowest BCUT2D eigenvalue weighted by atomic mass is 10.0. The van der Waals surface area contributed by atoms with Crippen LogP contribution in [0.1, 0.15) is 20.3 Å². The molecule has 2 N–H and O–H groups in total. The molecular formula is C24H29N5O2. The van der Waals surface area contributed by atoms with Crippen molar-refractivity contribution in [1.29, 1.82) is 0 Å². The van der Waals surface area contributed by atoms with E-state index in [4.69, 9.17) is 14.7 Å². The van der Waals surface area contributed by atoms with Crippen molar-refractivity contribution in [2.75, 3.05) is 41.8 Å². The van der Waals surface area contributed by atoms with Crippen molar-refractivity contribution in [2.24, 2.45) is 5.92 Å². The summed E-state index contributed by atoms with van der Waals surface area (Å²) in [5.41, 5.74) is 1.62. The maximum atomic E-state index is 12.4. The molecule has 1 aliphatic rings. The van der Waals surface area contributed by atoms with Crippen molar-refractivity contribution in [1.82, 2.24) is 9.97 Å². The highest BCUT2D eigenvalue weighted by Crippen LogP contribution is 2.25. The van der Waals surface area contributed by atoms with Gasteiger partial charge in [0.1, 0.15) is 5.82 Å². The van der Waals surface area contributed by atoms with Gasteiger partial charge in [-0.1, -0.05) is 44.2 Å². The Bertz CT molecular complexity index is 1020. The van der Waals surface area contributed by atoms with Crippen LogP contribution in [-0.4, -0.2) is 48.2 Å². The second-order valence-corrected chi connectivity index (χ2v) is 8.23. The van der Waals surface area contributed by atoms with Crippen LogP contribution in [0.2, 0.25) is 0 Å². The highest BCUT2D eigenvalue weighted by molar-refractivity contribution is 5.96. The van der Waals surface area contributed by atoms with E-state index in [1.807, 2.05) is 54.6 Å². The van der Waals surface area contributed by atoms with Crippen molar-refractivity contribution in [3.05, 3.63) is 54.6 Å². The minimum atomic E-state index is -0.126. The second-order valence-electron chi connectivity index (χ2n) is 8.23. The van der Waals surface area contributed by atoms with Crippen LogP contribution in [0.15, 0.2) is 54.6 Å². The number of carbonyl (C=O) groups is 1. The van der Waals surface area contributed by atoms with E-state index in [0.717, 1.165) is 36.1 Å². The quantitative estimate of drug-likeness (QED) is 0.604. The molecule has 2 aromatic carbocycles. The van der Waals surface area contributed by atoms with Gasteiger partial charge >= 0.3 is 0 Å². The Hall–Kier alpha value is -3.19. The number of nitrogens with zero attached hydrogens (tertiary/aromatic N) is 3. The monoisotopic (exact) mass is 419 g/mol. The summed E-state index contributed by atoms with van der Waals surface area (Å²) < 4.78 is 5.93. The SMILES string of the molecule is CC(C)CC1CN(c2nc(NCC(=O)Nc3ccccc3)c3ccccc3n2)CCO1. The standard InChI is InChI=1S/C24H29N5O2/c1-17(2)14-19-16-29(12-13-31-19)24-27-21-11-7-6-10-20(21)23(28-24)25-15-22(30)26-18-8-4-3-5-9-18/h3-11,17,19H,12-16H2,1-2H3,(H,26,30)(H,25,27,28). The topological polar surface area (TPSA) is 79.4 Å². The molecule has 3 aromatic rings. The van der Waals surface area contributed by atoms with Crippen LogP contribution in [0.5, 0.6) is 0 Å². The lowest BCUT2D eigenvalue weighted by Crippen LogP contribution is -2.43. The molecule has 1 fully saturated rings. The van der Waals surface area contributed by atoms with Gasteiger partial charge in [0.15, 0.2) is 0 Å². The number of fused-ring (bicyclic) bond motifs is 1. The molecule has 0 aliphatic carbocycles. The zero-order valence-electron chi connectivity index (χ0n) is 18.0. The van der Waals surface area contributed by atoms with E-state index >= 15 is 0 Å². The third kappa shape index (κ3) is 5.49. The molecule has 0 bridgehead atoms. The number of carbonyl (C=O) groups excluding carboxylic acids is 1. The first kappa shape index (κ1) is 21.1. The third-order valence-corrected chi connectivity index (χ3v) is 5.22. The number of rotatable bonds is 7. The van der Waals surface area contributed by atoms with Gasteiger partial charge in [0.25, 0.3) is 0 Å². The molecule has 1 aliphatic heterocycles. The lowest BCUT2D eigenvalue weighted by Gasteiger charge is -2.34. The Labute approximate surface area is 182 Å². The summed E-state index contributed by atoms with van der Waals surface area (Å²) in [5.74, 6) is 1.78. The average molecular weight is 420 g/mol. The summed E-state index contributed by atoms with van der Waals surface area (Å²) in [5, 5.41) is 6.99. The number of para-hydroxylation sites is 2. The lowest BCUT2D eigenvalue weighted by molar-refractivity contribution is -0.114. The maximum Gasteiger partial charge on any atom is 0.243 e. The van der Waals surface area contributed by atoms with E-state index in [9.17, 15) is 4.79 Å². The number of amides is 1. The first-order chi connectivity index (χ1) is 15.1. The summed E-state index contributed by atoms with van der Waals surface area (Å²) in [6, 6.07) is 17.3. The Morgan fingerprint density at radius 1 is 1.13 bits per heavy atom. The number of benzene rings is 2. The number of morpholine rings is 1. The fraction of sp³-hybridized carbons (Fsp3) is 0.375. The fourth-order valence-corrected chi connectivity index (χ4v) is 3.80. The number of hydrogen-bond acceptors (Lipinski definition) is 6. The van der Waals surface area contributed by atoms with Crippen molar-refractivity contribution in [3.8, 4) is 0 Å². The Morgan fingerprint density at radius 2 is 1.90 bits per heavy atom. The highest BCUT2D eigenvalue weighted by Gasteiger charge is 2.24. The minimum absolute atomic E-state index is 0.119. The molecule has 1 atom stereocenters. The second kappa shape index (κ2) is 9.75. The van der Waals surface area contributed by atoms with Gasteiger partial charge in [-0.2, -0.15) is 4.98 Å². The molecular weight excluding hydrogens is 390 g/mol. The zero-order valence-corrected chi connectivity index (χ0v) is 18.0. The third-order valence-electron chi connectivity index (χ3n) is 5.22. The summed E-state index contributed by atoms with van der Waals surface area (Å²) in [6.07, 6.45) is 1.19. The molecule has 1 aromatic heterocycles. The van der Waals surface area contributed by atoms with Crippen LogP contribution < -0.4 is 15.5 Å².